The first-order chi connectivity index (χ1) is 7.63. The third-order valence-electron chi connectivity index (χ3n) is 2.40. The molecule has 2 rings (SSSR count). The monoisotopic (exact) mass is 298 g/mol. The highest BCUT2D eigenvalue weighted by molar-refractivity contribution is 9.10. The summed E-state index contributed by atoms with van der Waals surface area (Å²) in [5.74, 6) is 1.60. The lowest BCUT2D eigenvalue weighted by molar-refractivity contribution is 0.535. The number of furan rings is 1. The van der Waals surface area contributed by atoms with Gasteiger partial charge in [-0.1, -0.05) is 19.1 Å². The molecular weight excluding hydrogens is 288 g/mol. The molecule has 0 amide bonds. The van der Waals surface area contributed by atoms with E-state index in [1.165, 1.54) is 0 Å². The molecule has 16 heavy (non-hydrogen) atoms. The fraction of sp³-hybridized carbons (Fsp3) is 0.273. The van der Waals surface area contributed by atoms with Crippen molar-refractivity contribution < 1.29 is 4.42 Å². The molecule has 0 aliphatic carbocycles. The average Bonchev–Trinajstić information content (AvgIpc) is 2.68. The summed E-state index contributed by atoms with van der Waals surface area (Å²) in [5.41, 5.74) is 2.00. The van der Waals surface area contributed by atoms with Gasteiger partial charge in [-0.05, 0) is 35.3 Å². The summed E-state index contributed by atoms with van der Waals surface area (Å²) >= 11 is 8.64. The number of aromatic amines is 1. The summed E-state index contributed by atoms with van der Waals surface area (Å²) in [5, 5.41) is 0. The molecule has 2 aromatic rings. The molecule has 0 spiro atoms. The van der Waals surface area contributed by atoms with Gasteiger partial charge in [0.25, 0.3) is 0 Å². The Hall–Kier alpha value is -0.940. The van der Waals surface area contributed by atoms with Gasteiger partial charge < -0.3 is 9.40 Å². The van der Waals surface area contributed by atoms with Gasteiger partial charge >= 0.3 is 0 Å². The summed E-state index contributed by atoms with van der Waals surface area (Å²) in [6, 6.07) is 1.89. The van der Waals surface area contributed by atoms with E-state index in [2.05, 4.69) is 32.8 Å². The van der Waals surface area contributed by atoms with Gasteiger partial charge in [0.1, 0.15) is 16.2 Å². The number of nitrogens with one attached hydrogen (secondary N) is 1. The van der Waals surface area contributed by atoms with Crippen LogP contribution in [0.5, 0.6) is 0 Å². The molecule has 3 nitrogen and oxygen atoms in total. The highest BCUT2D eigenvalue weighted by Crippen LogP contribution is 2.24. The molecule has 0 saturated heterocycles. The van der Waals surface area contributed by atoms with Crippen molar-refractivity contribution in [2.45, 2.75) is 20.3 Å². The summed E-state index contributed by atoms with van der Waals surface area (Å²) in [7, 11) is 0. The zero-order chi connectivity index (χ0) is 11.7. The van der Waals surface area contributed by atoms with Crippen LogP contribution in [0.2, 0.25) is 0 Å². The van der Waals surface area contributed by atoms with E-state index in [0.29, 0.717) is 4.64 Å². The van der Waals surface area contributed by atoms with Crippen LogP contribution >= 0.6 is 28.1 Å². The number of hydrogen-bond acceptors (Lipinski definition) is 3. The van der Waals surface area contributed by atoms with Crippen molar-refractivity contribution in [3.05, 3.63) is 32.9 Å². The maximum absolute atomic E-state index is 5.26. The second-order valence-electron chi connectivity index (χ2n) is 3.43. The van der Waals surface area contributed by atoms with Gasteiger partial charge in [0.05, 0.1) is 16.3 Å². The minimum Gasteiger partial charge on any atom is -0.469 e. The molecule has 0 aliphatic rings. The van der Waals surface area contributed by atoms with Crippen molar-refractivity contribution in [1.82, 2.24) is 9.97 Å². The van der Waals surface area contributed by atoms with Gasteiger partial charge in [-0.25, -0.2) is 4.98 Å². The Bertz CT molecular complexity index is 574. The molecule has 0 aromatic carbocycles. The Balaban J connectivity index is 2.64. The molecule has 2 heterocycles. The number of rotatable bonds is 2. The van der Waals surface area contributed by atoms with Crippen LogP contribution in [0.1, 0.15) is 18.4 Å². The highest BCUT2D eigenvalue weighted by Gasteiger charge is 2.10. The Morgan fingerprint density at radius 3 is 2.88 bits per heavy atom. The molecule has 0 unspecified atom stereocenters. The van der Waals surface area contributed by atoms with E-state index in [1.54, 1.807) is 6.26 Å². The van der Waals surface area contributed by atoms with E-state index in [1.807, 2.05) is 13.0 Å². The largest absolute Gasteiger partial charge is 0.469 e. The first kappa shape index (κ1) is 11.5. The zero-order valence-corrected chi connectivity index (χ0v) is 11.4. The highest BCUT2D eigenvalue weighted by atomic mass is 79.9. The van der Waals surface area contributed by atoms with Crippen LogP contribution in [0.3, 0.4) is 0 Å². The van der Waals surface area contributed by atoms with Crippen LogP contribution in [-0.4, -0.2) is 9.97 Å². The minimum atomic E-state index is 0.575. The minimum absolute atomic E-state index is 0.575. The zero-order valence-electron chi connectivity index (χ0n) is 9.00. The molecule has 0 fully saturated rings. The summed E-state index contributed by atoms with van der Waals surface area (Å²) in [4.78, 5) is 7.60. The van der Waals surface area contributed by atoms with E-state index in [4.69, 9.17) is 16.6 Å². The molecule has 1 N–H and O–H groups in total. The second-order valence-corrected chi connectivity index (χ2v) is 4.61. The fourth-order valence-electron chi connectivity index (χ4n) is 1.51. The Kier molecular flexibility index (Phi) is 3.25. The molecule has 0 aliphatic heterocycles. The first-order valence-corrected chi connectivity index (χ1v) is 6.16. The van der Waals surface area contributed by atoms with E-state index in [-0.39, 0.29) is 0 Å². The molecule has 0 bridgehead atoms. The van der Waals surface area contributed by atoms with Gasteiger partial charge in [-0.3, -0.25) is 0 Å². The van der Waals surface area contributed by atoms with Crippen LogP contribution < -0.4 is 0 Å². The molecular formula is C11H11BrN2OS. The van der Waals surface area contributed by atoms with Crippen molar-refractivity contribution >= 4 is 28.1 Å². The SMILES string of the molecule is CCc1[nH]c(-c2ccoc2C)nc(=S)c1Br. The van der Waals surface area contributed by atoms with Crippen molar-refractivity contribution in [2.24, 2.45) is 0 Å². The van der Waals surface area contributed by atoms with Crippen molar-refractivity contribution in [2.75, 3.05) is 0 Å². The molecule has 2 aromatic heterocycles. The van der Waals surface area contributed by atoms with Crippen molar-refractivity contribution in [3.63, 3.8) is 0 Å². The summed E-state index contributed by atoms with van der Waals surface area (Å²) < 4.78 is 6.70. The number of aryl methyl sites for hydroxylation is 2. The maximum atomic E-state index is 5.26. The van der Waals surface area contributed by atoms with Gasteiger partial charge in [0.15, 0.2) is 0 Å². The van der Waals surface area contributed by atoms with E-state index in [9.17, 15) is 0 Å². The summed E-state index contributed by atoms with van der Waals surface area (Å²) in [6.07, 6.45) is 2.52. The molecule has 0 saturated carbocycles. The van der Waals surface area contributed by atoms with E-state index < -0.39 is 0 Å². The smallest absolute Gasteiger partial charge is 0.144 e. The second kappa shape index (κ2) is 4.51. The normalized spacial score (nSPS) is 10.7. The number of H-pyrrole nitrogens is 1. The molecule has 5 heteroatoms. The lowest BCUT2D eigenvalue weighted by atomic mass is 10.2. The van der Waals surface area contributed by atoms with Crippen LogP contribution in [0.4, 0.5) is 0 Å². The van der Waals surface area contributed by atoms with Gasteiger partial charge in [0.2, 0.25) is 0 Å². The standard InChI is InChI=1S/C11H11BrN2OS/c1-3-8-9(12)11(16)14-10(13-8)7-4-5-15-6(7)2/h4-5H,3H2,1-2H3,(H,13,14,16). The predicted octanol–water partition coefficient (Wildman–Crippen LogP) is 4.03. The Morgan fingerprint density at radius 1 is 1.56 bits per heavy atom. The average molecular weight is 299 g/mol. The topological polar surface area (TPSA) is 41.8 Å². The van der Waals surface area contributed by atoms with Gasteiger partial charge in [-0.15, -0.1) is 0 Å². The lowest BCUT2D eigenvalue weighted by Crippen LogP contribution is -1.97. The lowest BCUT2D eigenvalue weighted by Gasteiger charge is -2.05. The van der Waals surface area contributed by atoms with Crippen LogP contribution in [0.25, 0.3) is 11.4 Å². The first-order valence-electron chi connectivity index (χ1n) is 4.96. The number of nitrogens with zero attached hydrogens (tertiary/aromatic N) is 1. The third kappa shape index (κ3) is 1.97. The molecule has 0 atom stereocenters. The fourth-order valence-corrected chi connectivity index (χ4v) is 2.19. The number of hydrogen-bond donors (Lipinski definition) is 1. The van der Waals surface area contributed by atoms with E-state index >= 15 is 0 Å². The van der Waals surface area contributed by atoms with Crippen LogP contribution in [0, 0.1) is 11.6 Å². The summed E-state index contributed by atoms with van der Waals surface area (Å²) in [6.45, 7) is 3.97. The quantitative estimate of drug-likeness (QED) is 0.851. The predicted molar refractivity (Wildman–Crippen MR) is 68.9 cm³/mol. The third-order valence-corrected chi connectivity index (χ3v) is 3.81. The molecule has 0 radical (unpaired) electrons. The Labute approximate surface area is 107 Å². The Morgan fingerprint density at radius 2 is 2.31 bits per heavy atom. The van der Waals surface area contributed by atoms with Gasteiger partial charge in [-0.2, -0.15) is 0 Å². The maximum Gasteiger partial charge on any atom is 0.144 e. The number of aromatic nitrogens is 2. The number of halogens is 1. The van der Waals surface area contributed by atoms with Gasteiger partial charge in [0, 0.05) is 5.69 Å². The van der Waals surface area contributed by atoms with Crippen molar-refractivity contribution in [3.8, 4) is 11.4 Å². The van der Waals surface area contributed by atoms with E-state index in [0.717, 1.165) is 33.7 Å². The van der Waals surface area contributed by atoms with Crippen LogP contribution in [-0.2, 0) is 6.42 Å². The van der Waals surface area contributed by atoms with Crippen molar-refractivity contribution in [1.29, 1.82) is 0 Å². The van der Waals surface area contributed by atoms with Crippen LogP contribution in [0.15, 0.2) is 21.2 Å². The molecule has 84 valence electrons.